The van der Waals surface area contributed by atoms with Crippen molar-refractivity contribution >= 4 is 5.97 Å². The van der Waals surface area contributed by atoms with Gasteiger partial charge in [0.25, 0.3) is 0 Å². The second kappa shape index (κ2) is 19.4. The van der Waals surface area contributed by atoms with Gasteiger partial charge in [0.05, 0.1) is 0 Å². The van der Waals surface area contributed by atoms with Gasteiger partial charge in [-0.15, -0.1) is 0 Å². The molecule has 0 aromatic rings. The van der Waals surface area contributed by atoms with Crippen LogP contribution < -0.4 is 0 Å². The average Bonchev–Trinajstić information content (AvgIpc) is 2.75. The molecule has 0 aliphatic heterocycles. The molecule has 0 atom stereocenters. The summed E-state index contributed by atoms with van der Waals surface area (Å²) in [5, 5.41) is 0. The highest BCUT2D eigenvalue weighted by molar-refractivity contribution is 5.78. The molecule has 33 heavy (non-hydrogen) atoms. The highest BCUT2D eigenvalue weighted by atomic mass is 19.4. The predicted molar refractivity (Wildman–Crippen MR) is 124 cm³/mol. The van der Waals surface area contributed by atoms with Crippen LogP contribution in [0.4, 0.5) is 22.0 Å². The zero-order valence-corrected chi connectivity index (χ0v) is 20.8. The highest BCUT2D eigenvalue weighted by Crippen LogP contribution is 2.36. The van der Waals surface area contributed by atoms with Crippen molar-refractivity contribution in [3.63, 3.8) is 0 Å². The molecule has 0 rings (SSSR count). The van der Waals surface area contributed by atoms with E-state index in [1.807, 2.05) is 4.90 Å². The Morgan fingerprint density at radius 3 is 1.33 bits per heavy atom. The molecule has 0 aliphatic carbocycles. The van der Waals surface area contributed by atoms with Crippen molar-refractivity contribution < 1.29 is 31.5 Å². The van der Waals surface area contributed by atoms with Gasteiger partial charge in [-0.2, -0.15) is 22.0 Å². The lowest BCUT2D eigenvalue weighted by Crippen LogP contribution is -2.45. The fourth-order valence-corrected chi connectivity index (χ4v) is 3.75. The van der Waals surface area contributed by atoms with E-state index in [2.05, 4.69) is 18.6 Å². The number of carbonyl (C=O) groups excluding carboxylic acids is 1. The number of ether oxygens (including phenoxy) is 1. The molecule has 0 fully saturated rings. The van der Waals surface area contributed by atoms with Gasteiger partial charge in [0.1, 0.15) is 6.61 Å². The Labute approximate surface area is 197 Å². The van der Waals surface area contributed by atoms with Gasteiger partial charge in [0.15, 0.2) is 0 Å². The van der Waals surface area contributed by atoms with Crippen LogP contribution in [-0.2, 0) is 9.53 Å². The molecular weight excluding hydrogens is 441 g/mol. The molecule has 0 aromatic heterocycles. The number of esters is 1. The fraction of sp³-hybridized carbons (Fsp3) is 0.960. The van der Waals surface area contributed by atoms with Crippen molar-refractivity contribution in [2.75, 3.05) is 26.2 Å². The van der Waals surface area contributed by atoms with E-state index in [0.29, 0.717) is 0 Å². The van der Waals surface area contributed by atoms with Crippen molar-refractivity contribution in [2.24, 2.45) is 0 Å². The molecule has 0 saturated carbocycles. The third-order valence-electron chi connectivity index (χ3n) is 5.91. The first-order valence-corrected chi connectivity index (χ1v) is 13.0. The Hall–Kier alpha value is -0.920. The maximum atomic E-state index is 13.0. The summed E-state index contributed by atoms with van der Waals surface area (Å²) in [4.78, 5) is 13.2. The molecule has 0 aliphatic rings. The standard InChI is InChI=1S/C25H46F5NO2/c1-3-5-7-9-11-13-15-17-19-31(20-18-16-14-12-10-8-6-4-2)21-22-33-23(32)24(26,27)25(28,29)30/h3-22H2,1-2H3. The van der Waals surface area contributed by atoms with E-state index in [9.17, 15) is 26.7 Å². The fourth-order valence-electron chi connectivity index (χ4n) is 3.75. The van der Waals surface area contributed by atoms with E-state index in [-0.39, 0.29) is 6.54 Å². The molecule has 0 heterocycles. The monoisotopic (exact) mass is 487 g/mol. The third-order valence-corrected chi connectivity index (χ3v) is 5.91. The minimum atomic E-state index is -5.93. The molecule has 0 amide bonds. The number of halogens is 5. The summed E-state index contributed by atoms with van der Waals surface area (Å²) in [6.07, 6.45) is 12.7. The molecule has 0 radical (unpaired) electrons. The Morgan fingerprint density at radius 2 is 0.970 bits per heavy atom. The van der Waals surface area contributed by atoms with Crippen molar-refractivity contribution in [3.8, 4) is 0 Å². The van der Waals surface area contributed by atoms with E-state index < -0.39 is 24.7 Å². The third kappa shape index (κ3) is 16.4. The SMILES string of the molecule is CCCCCCCCCCN(CCCCCCCCCC)CCOC(=O)C(F)(F)C(F)(F)F. The van der Waals surface area contributed by atoms with E-state index in [4.69, 9.17) is 0 Å². The smallest absolute Gasteiger partial charge is 0.460 e. The molecule has 0 saturated heterocycles. The molecule has 0 spiro atoms. The zero-order chi connectivity index (χ0) is 25.0. The summed E-state index contributed by atoms with van der Waals surface area (Å²) in [7, 11) is 0. The van der Waals surface area contributed by atoms with Gasteiger partial charge >= 0.3 is 18.1 Å². The van der Waals surface area contributed by atoms with Gasteiger partial charge in [0, 0.05) is 6.54 Å². The van der Waals surface area contributed by atoms with E-state index in [1.54, 1.807) is 0 Å². The summed E-state index contributed by atoms with van der Waals surface area (Å²) in [5.74, 6) is -7.98. The highest BCUT2D eigenvalue weighted by Gasteiger charge is 2.64. The largest absolute Gasteiger partial charge is 0.465 e. The molecular formula is C25H46F5NO2. The lowest BCUT2D eigenvalue weighted by atomic mass is 10.1. The summed E-state index contributed by atoms with van der Waals surface area (Å²) in [6.45, 7) is 5.55. The number of unbranched alkanes of at least 4 members (excludes halogenated alkanes) is 14. The van der Waals surface area contributed by atoms with Gasteiger partial charge in [-0.1, -0.05) is 104 Å². The van der Waals surface area contributed by atoms with E-state index in [1.165, 1.54) is 64.2 Å². The van der Waals surface area contributed by atoms with Gasteiger partial charge in [-0.05, 0) is 25.9 Å². The number of carbonyl (C=O) groups is 1. The maximum absolute atomic E-state index is 13.0. The van der Waals surface area contributed by atoms with Crippen LogP contribution >= 0.6 is 0 Å². The number of rotatable bonds is 22. The van der Waals surface area contributed by atoms with Gasteiger partial charge in [0.2, 0.25) is 0 Å². The number of alkyl halides is 5. The van der Waals surface area contributed by atoms with Crippen LogP contribution in [0.3, 0.4) is 0 Å². The van der Waals surface area contributed by atoms with Gasteiger partial charge in [-0.3, -0.25) is 4.90 Å². The first kappa shape index (κ1) is 32.1. The average molecular weight is 488 g/mol. The van der Waals surface area contributed by atoms with Crippen molar-refractivity contribution in [2.45, 2.75) is 129 Å². The molecule has 8 heteroatoms. The lowest BCUT2D eigenvalue weighted by molar-refractivity contribution is -0.280. The van der Waals surface area contributed by atoms with Crippen molar-refractivity contribution in [1.29, 1.82) is 0 Å². The maximum Gasteiger partial charge on any atom is 0.465 e. The summed E-state index contributed by atoms with van der Waals surface area (Å²) < 4.78 is 67.2. The zero-order valence-electron chi connectivity index (χ0n) is 20.8. The number of hydrogen-bond acceptors (Lipinski definition) is 3. The quantitative estimate of drug-likeness (QED) is 0.0873. The van der Waals surface area contributed by atoms with Crippen LogP contribution in [0.5, 0.6) is 0 Å². The van der Waals surface area contributed by atoms with Gasteiger partial charge < -0.3 is 4.74 Å². The van der Waals surface area contributed by atoms with Crippen LogP contribution in [0.2, 0.25) is 0 Å². The van der Waals surface area contributed by atoms with Crippen LogP contribution in [0.1, 0.15) is 117 Å². The number of nitrogens with zero attached hydrogens (tertiary/aromatic N) is 1. The lowest BCUT2D eigenvalue weighted by Gasteiger charge is -2.23. The molecule has 198 valence electrons. The Morgan fingerprint density at radius 1 is 0.606 bits per heavy atom. The molecule has 0 bridgehead atoms. The van der Waals surface area contributed by atoms with Gasteiger partial charge in [-0.25, -0.2) is 4.79 Å². The van der Waals surface area contributed by atoms with Crippen LogP contribution in [0.25, 0.3) is 0 Å². The Balaban J connectivity index is 4.29. The van der Waals surface area contributed by atoms with E-state index >= 15 is 0 Å². The Kier molecular flexibility index (Phi) is 18.9. The topological polar surface area (TPSA) is 29.5 Å². The first-order chi connectivity index (χ1) is 15.7. The normalized spacial score (nSPS) is 12.5. The van der Waals surface area contributed by atoms with Crippen LogP contribution in [-0.4, -0.2) is 49.2 Å². The predicted octanol–water partition coefficient (Wildman–Crippen LogP) is 8.31. The first-order valence-electron chi connectivity index (χ1n) is 13.0. The second-order valence-corrected chi connectivity index (χ2v) is 9.00. The minimum absolute atomic E-state index is 0.173. The molecule has 0 unspecified atom stereocenters. The van der Waals surface area contributed by atoms with Crippen molar-refractivity contribution in [1.82, 2.24) is 4.90 Å². The minimum Gasteiger partial charge on any atom is -0.460 e. The molecule has 3 nitrogen and oxygen atoms in total. The number of hydrogen-bond donors (Lipinski definition) is 0. The second-order valence-electron chi connectivity index (χ2n) is 9.00. The Bertz CT molecular complexity index is 452. The summed E-state index contributed by atoms with van der Waals surface area (Å²) in [5.41, 5.74) is 0. The van der Waals surface area contributed by atoms with Crippen LogP contribution in [0.15, 0.2) is 0 Å². The summed E-state index contributed by atoms with van der Waals surface area (Å²) >= 11 is 0. The van der Waals surface area contributed by atoms with Crippen LogP contribution in [0, 0.1) is 0 Å². The van der Waals surface area contributed by atoms with Crippen molar-refractivity contribution in [3.05, 3.63) is 0 Å². The van der Waals surface area contributed by atoms with E-state index in [0.717, 1.165) is 51.6 Å². The summed E-state index contributed by atoms with van der Waals surface area (Å²) in [6, 6.07) is 0. The molecule has 0 aromatic carbocycles. The molecule has 0 N–H and O–H groups in total.